The lowest BCUT2D eigenvalue weighted by Crippen LogP contribution is -1.95. The Kier molecular flexibility index (Phi) is 2.64. The molecule has 8 heteroatoms. The average molecular weight is 259 g/mol. The first-order chi connectivity index (χ1) is 7.56. The smallest absolute Gasteiger partial charge is 0.295 e. The zero-order chi connectivity index (χ0) is 11.9. The Balaban J connectivity index is 2.94. The van der Waals surface area contributed by atoms with Crippen molar-refractivity contribution in [3.8, 4) is 0 Å². The molecule has 16 heavy (non-hydrogen) atoms. The van der Waals surface area contributed by atoms with Gasteiger partial charge in [-0.2, -0.15) is 5.10 Å². The van der Waals surface area contributed by atoms with Crippen molar-refractivity contribution in [1.29, 1.82) is 0 Å². The van der Waals surface area contributed by atoms with Crippen molar-refractivity contribution in [2.75, 3.05) is 4.72 Å². The summed E-state index contributed by atoms with van der Waals surface area (Å²) < 4.78 is 3.95. The number of non-ortho nitro benzene ring substituents is 1. The number of hydrogen-bond donors (Lipinski definition) is 2. The zero-order valence-corrected chi connectivity index (χ0v) is 9.79. The molecule has 0 saturated heterocycles. The summed E-state index contributed by atoms with van der Waals surface area (Å²) in [4.78, 5) is 10.4. The van der Waals surface area contributed by atoms with Gasteiger partial charge in [-0.25, -0.2) is 0 Å². The Bertz CT molecular complexity index is 583. The van der Waals surface area contributed by atoms with Crippen LogP contribution in [0.15, 0.2) is 12.1 Å². The number of nitro benzene ring substituents is 1. The molecule has 0 aliphatic heterocycles. The van der Waals surface area contributed by atoms with Gasteiger partial charge in [-0.15, -0.1) is 0 Å². The summed E-state index contributed by atoms with van der Waals surface area (Å²) in [6.07, 6.45) is 0. The zero-order valence-electron chi connectivity index (χ0n) is 8.14. The van der Waals surface area contributed by atoms with E-state index >= 15 is 0 Å². The standard InChI is InChI=1S/C8H7ClN4O2S/c1-12-7-5(13(14)15)3-2-4(9)6(7)8(10-12)11-16/h2-3,16H,1H3,(H,10,11). The van der Waals surface area contributed by atoms with Crippen LogP contribution in [0.2, 0.25) is 5.02 Å². The number of fused-ring (bicyclic) bond motifs is 1. The first-order valence-electron chi connectivity index (χ1n) is 4.26. The Morgan fingerprint density at radius 3 is 2.88 bits per heavy atom. The predicted octanol–water partition coefficient (Wildman–Crippen LogP) is 2.39. The van der Waals surface area contributed by atoms with E-state index in [1.807, 2.05) is 0 Å². The van der Waals surface area contributed by atoms with Gasteiger partial charge in [0.15, 0.2) is 5.82 Å². The van der Waals surface area contributed by atoms with E-state index < -0.39 is 4.92 Å². The van der Waals surface area contributed by atoms with Crippen LogP contribution in [0.3, 0.4) is 0 Å². The molecule has 0 fully saturated rings. The molecule has 0 amide bonds. The molecule has 2 rings (SSSR count). The van der Waals surface area contributed by atoms with E-state index in [9.17, 15) is 10.1 Å². The van der Waals surface area contributed by atoms with E-state index in [-0.39, 0.29) is 5.69 Å². The van der Waals surface area contributed by atoms with E-state index in [1.54, 1.807) is 7.05 Å². The molecule has 0 spiro atoms. The fourth-order valence-electron chi connectivity index (χ4n) is 1.58. The number of nitro groups is 1. The van der Waals surface area contributed by atoms with Crippen LogP contribution in [0.4, 0.5) is 11.5 Å². The van der Waals surface area contributed by atoms with E-state index in [1.165, 1.54) is 16.8 Å². The number of thiol groups is 1. The van der Waals surface area contributed by atoms with Crippen molar-refractivity contribution >= 4 is 46.8 Å². The fraction of sp³-hybridized carbons (Fsp3) is 0.125. The molecule has 0 aliphatic carbocycles. The molecule has 1 aromatic carbocycles. The van der Waals surface area contributed by atoms with Crippen LogP contribution in [-0.4, -0.2) is 14.7 Å². The van der Waals surface area contributed by atoms with Gasteiger partial charge in [-0.3, -0.25) is 14.8 Å². The van der Waals surface area contributed by atoms with Crippen LogP contribution in [0.25, 0.3) is 10.9 Å². The molecule has 1 aromatic heterocycles. The molecular formula is C8H7ClN4O2S. The summed E-state index contributed by atoms with van der Waals surface area (Å²) in [6, 6.07) is 2.83. The van der Waals surface area contributed by atoms with Gasteiger partial charge < -0.3 is 4.72 Å². The molecule has 0 unspecified atom stereocenters. The number of benzene rings is 1. The second-order valence-electron chi connectivity index (χ2n) is 3.13. The topological polar surface area (TPSA) is 73.0 Å². The average Bonchev–Trinajstić information content (AvgIpc) is 2.57. The number of rotatable bonds is 2. The van der Waals surface area contributed by atoms with Gasteiger partial charge in [-0.05, 0) is 6.07 Å². The maximum absolute atomic E-state index is 10.9. The van der Waals surface area contributed by atoms with Gasteiger partial charge in [0, 0.05) is 13.1 Å². The second-order valence-corrected chi connectivity index (χ2v) is 3.76. The number of aryl methyl sites for hydroxylation is 1. The Labute approximate surface area is 101 Å². The van der Waals surface area contributed by atoms with Crippen molar-refractivity contribution in [1.82, 2.24) is 9.78 Å². The van der Waals surface area contributed by atoms with Crippen molar-refractivity contribution < 1.29 is 4.92 Å². The Morgan fingerprint density at radius 2 is 2.31 bits per heavy atom. The highest BCUT2D eigenvalue weighted by Crippen LogP contribution is 2.35. The van der Waals surface area contributed by atoms with E-state index in [0.717, 1.165) is 0 Å². The lowest BCUT2D eigenvalue weighted by molar-refractivity contribution is -0.383. The lowest BCUT2D eigenvalue weighted by Gasteiger charge is -1.98. The molecule has 2 aromatic rings. The SMILES string of the molecule is Cn1nc(NS)c2c(Cl)ccc([N+](=O)[O-])c21. The summed E-state index contributed by atoms with van der Waals surface area (Å²) in [5, 5.41) is 15.8. The third-order valence-electron chi connectivity index (χ3n) is 2.22. The largest absolute Gasteiger partial charge is 0.315 e. The highest BCUT2D eigenvalue weighted by molar-refractivity contribution is 7.81. The van der Waals surface area contributed by atoms with Crippen LogP contribution in [0, 0.1) is 10.1 Å². The monoisotopic (exact) mass is 258 g/mol. The molecule has 0 aliphatic rings. The second kappa shape index (κ2) is 3.84. The van der Waals surface area contributed by atoms with Crippen LogP contribution >= 0.6 is 24.4 Å². The summed E-state index contributed by atoms with van der Waals surface area (Å²) in [5.41, 5.74) is 0.332. The Hall–Kier alpha value is -1.47. The van der Waals surface area contributed by atoms with Crippen LogP contribution < -0.4 is 4.72 Å². The van der Waals surface area contributed by atoms with E-state index in [0.29, 0.717) is 21.7 Å². The minimum atomic E-state index is -0.470. The van der Waals surface area contributed by atoms with Gasteiger partial charge in [0.1, 0.15) is 5.52 Å². The van der Waals surface area contributed by atoms with Gasteiger partial charge in [-0.1, -0.05) is 24.4 Å². The number of nitrogens with zero attached hydrogens (tertiary/aromatic N) is 3. The van der Waals surface area contributed by atoms with Crippen molar-refractivity contribution in [2.24, 2.45) is 7.05 Å². The fourth-order valence-corrected chi connectivity index (χ4v) is 1.98. The molecule has 0 radical (unpaired) electrons. The molecule has 0 atom stereocenters. The highest BCUT2D eigenvalue weighted by Gasteiger charge is 2.21. The van der Waals surface area contributed by atoms with Crippen molar-refractivity contribution in [3.05, 3.63) is 27.3 Å². The molecular weight excluding hydrogens is 252 g/mol. The number of hydrogen-bond acceptors (Lipinski definition) is 5. The molecule has 0 saturated carbocycles. The van der Waals surface area contributed by atoms with Gasteiger partial charge in [0.25, 0.3) is 5.69 Å². The first-order valence-corrected chi connectivity index (χ1v) is 5.08. The normalized spacial score (nSPS) is 10.7. The Morgan fingerprint density at radius 1 is 1.62 bits per heavy atom. The highest BCUT2D eigenvalue weighted by atomic mass is 35.5. The van der Waals surface area contributed by atoms with Crippen molar-refractivity contribution in [3.63, 3.8) is 0 Å². The van der Waals surface area contributed by atoms with E-state index in [4.69, 9.17) is 11.6 Å². The van der Waals surface area contributed by atoms with Gasteiger partial charge >= 0.3 is 0 Å². The quantitative estimate of drug-likeness (QED) is 0.493. The number of nitrogens with one attached hydrogen (secondary N) is 1. The summed E-state index contributed by atoms with van der Waals surface area (Å²) in [7, 11) is 1.61. The van der Waals surface area contributed by atoms with Crippen molar-refractivity contribution in [2.45, 2.75) is 0 Å². The number of halogens is 1. The third-order valence-corrected chi connectivity index (χ3v) is 2.75. The lowest BCUT2D eigenvalue weighted by atomic mass is 10.2. The van der Waals surface area contributed by atoms with E-state index in [2.05, 4.69) is 22.6 Å². The van der Waals surface area contributed by atoms with Crippen LogP contribution in [-0.2, 0) is 7.05 Å². The van der Waals surface area contributed by atoms with Gasteiger partial charge in [0.05, 0.1) is 15.3 Å². The molecule has 0 bridgehead atoms. The molecule has 1 heterocycles. The minimum Gasteiger partial charge on any atom is -0.315 e. The van der Waals surface area contributed by atoms with Gasteiger partial charge in [0.2, 0.25) is 0 Å². The summed E-state index contributed by atoms with van der Waals surface area (Å²) in [6.45, 7) is 0. The first kappa shape index (κ1) is 11.0. The third kappa shape index (κ3) is 1.48. The maximum atomic E-state index is 10.9. The summed E-state index contributed by atoms with van der Waals surface area (Å²) in [5.74, 6) is 0.398. The number of anilines is 1. The number of aromatic nitrogens is 2. The molecule has 1 N–H and O–H groups in total. The maximum Gasteiger partial charge on any atom is 0.295 e. The molecule has 6 nitrogen and oxygen atoms in total. The summed E-state index contributed by atoms with van der Waals surface area (Å²) >= 11 is 9.86. The van der Waals surface area contributed by atoms with Crippen LogP contribution in [0.1, 0.15) is 0 Å². The minimum absolute atomic E-state index is 0.0377. The van der Waals surface area contributed by atoms with Crippen LogP contribution in [0.5, 0.6) is 0 Å². The predicted molar refractivity (Wildman–Crippen MR) is 65.0 cm³/mol. The molecule has 84 valence electrons.